The van der Waals surface area contributed by atoms with Gasteiger partial charge in [0.2, 0.25) is 0 Å². The summed E-state index contributed by atoms with van der Waals surface area (Å²) in [6, 6.07) is 8.16. The van der Waals surface area contributed by atoms with Gasteiger partial charge in [-0.2, -0.15) is 0 Å². The van der Waals surface area contributed by atoms with Crippen LogP contribution in [0.5, 0.6) is 0 Å². The Morgan fingerprint density at radius 1 is 1.00 bits per heavy atom. The third kappa shape index (κ3) is 3.90. The molecule has 0 aliphatic carbocycles. The maximum atomic E-state index is 8.60. The average Bonchev–Trinajstić information content (AvgIpc) is 2.25. The van der Waals surface area contributed by atoms with Crippen LogP contribution < -0.4 is 0 Å². The van der Waals surface area contributed by atoms with E-state index in [1.165, 1.54) is 5.56 Å². The number of rotatable bonds is 4. The molecule has 0 unspecified atom stereocenters. The van der Waals surface area contributed by atoms with Crippen molar-refractivity contribution in [2.45, 2.75) is 0 Å². The molecule has 0 heterocycles. The second-order valence-corrected chi connectivity index (χ2v) is 3.46. The Hall–Kier alpha value is -0.860. The highest BCUT2D eigenvalue weighted by atomic mass is 79.9. The van der Waals surface area contributed by atoms with Crippen molar-refractivity contribution in [3.05, 3.63) is 47.5 Å². The Morgan fingerprint density at radius 3 is 1.93 bits per heavy atom. The smallest absolute Gasteiger partial charge is 0.0615 e. The van der Waals surface area contributed by atoms with Crippen molar-refractivity contribution >= 4 is 28.1 Å². The van der Waals surface area contributed by atoms with Crippen molar-refractivity contribution in [3.8, 4) is 0 Å². The monoisotopic (exact) mass is 252 g/mol. The summed E-state index contributed by atoms with van der Waals surface area (Å²) in [6.07, 6.45) is 7.74. The molecule has 74 valence electrons. The summed E-state index contributed by atoms with van der Waals surface area (Å²) in [5, 5.41) is 9.47. The van der Waals surface area contributed by atoms with Gasteiger partial charge in [-0.1, -0.05) is 64.5 Å². The Kier molecular flexibility index (Phi) is 5.27. The summed E-state index contributed by atoms with van der Waals surface area (Å²) < 4.78 is 0. The number of allylic oxidation sites excluding steroid dienone is 1. The summed E-state index contributed by atoms with van der Waals surface area (Å²) in [5.41, 5.74) is 2.29. The van der Waals surface area contributed by atoms with Gasteiger partial charge < -0.3 is 5.11 Å². The molecule has 1 aromatic carbocycles. The van der Waals surface area contributed by atoms with Crippen LogP contribution in [-0.2, 0) is 0 Å². The van der Waals surface area contributed by atoms with E-state index in [0.29, 0.717) is 0 Å². The second kappa shape index (κ2) is 6.57. The maximum Gasteiger partial charge on any atom is 0.0615 e. The molecule has 0 spiro atoms. The van der Waals surface area contributed by atoms with Crippen LogP contribution in [0.25, 0.3) is 12.2 Å². The Balaban J connectivity index is 2.68. The zero-order valence-corrected chi connectivity index (χ0v) is 9.44. The van der Waals surface area contributed by atoms with Crippen LogP contribution in [0.15, 0.2) is 36.4 Å². The van der Waals surface area contributed by atoms with Crippen molar-refractivity contribution in [3.63, 3.8) is 0 Å². The summed E-state index contributed by atoms with van der Waals surface area (Å²) in [7, 11) is 0. The standard InChI is InChI=1S/C12H13BrO/c13-9-1-3-11-5-7-12(8-6-11)4-2-10-14/h1-8,14H,9-10H2/b3-1+,4-2?. The first-order chi connectivity index (χ1) is 6.86. The van der Waals surface area contributed by atoms with E-state index >= 15 is 0 Å². The van der Waals surface area contributed by atoms with Gasteiger partial charge in [-0.25, -0.2) is 0 Å². The SMILES string of the molecule is OCC=Cc1ccc(/C=C/CBr)cc1. The topological polar surface area (TPSA) is 20.2 Å². The highest BCUT2D eigenvalue weighted by molar-refractivity contribution is 9.09. The van der Waals surface area contributed by atoms with Gasteiger partial charge in [0.1, 0.15) is 0 Å². The molecule has 0 aliphatic rings. The number of halogens is 1. The number of alkyl halides is 1. The van der Waals surface area contributed by atoms with Gasteiger partial charge in [0.25, 0.3) is 0 Å². The van der Waals surface area contributed by atoms with Crippen molar-refractivity contribution in [1.29, 1.82) is 0 Å². The van der Waals surface area contributed by atoms with E-state index < -0.39 is 0 Å². The lowest BCUT2D eigenvalue weighted by atomic mass is 10.1. The molecule has 0 bridgehead atoms. The largest absolute Gasteiger partial charge is 0.392 e. The molecule has 1 N–H and O–H groups in total. The predicted octanol–water partition coefficient (Wildman–Crippen LogP) is 3.10. The summed E-state index contributed by atoms with van der Waals surface area (Å²) in [6.45, 7) is 0.0885. The highest BCUT2D eigenvalue weighted by Gasteiger charge is 1.87. The van der Waals surface area contributed by atoms with Crippen LogP contribution in [0.2, 0.25) is 0 Å². The Labute approximate surface area is 92.9 Å². The van der Waals surface area contributed by atoms with E-state index in [1.54, 1.807) is 6.08 Å². The minimum Gasteiger partial charge on any atom is -0.392 e. The fourth-order valence-electron chi connectivity index (χ4n) is 1.09. The van der Waals surface area contributed by atoms with Gasteiger partial charge in [-0.05, 0) is 11.1 Å². The molecule has 0 radical (unpaired) electrons. The van der Waals surface area contributed by atoms with E-state index in [2.05, 4.69) is 40.2 Å². The Morgan fingerprint density at radius 2 is 1.50 bits per heavy atom. The van der Waals surface area contributed by atoms with Gasteiger partial charge in [0.15, 0.2) is 0 Å². The van der Waals surface area contributed by atoms with Crippen LogP contribution >= 0.6 is 15.9 Å². The Bertz CT molecular complexity index is 279. The molecule has 0 saturated carbocycles. The van der Waals surface area contributed by atoms with E-state index in [1.807, 2.05) is 18.2 Å². The molecule has 0 aliphatic heterocycles. The van der Waals surface area contributed by atoms with E-state index in [-0.39, 0.29) is 6.61 Å². The van der Waals surface area contributed by atoms with Crippen LogP contribution in [-0.4, -0.2) is 17.0 Å². The molecule has 1 aromatic rings. The zero-order chi connectivity index (χ0) is 10.2. The third-order valence-electron chi connectivity index (χ3n) is 1.75. The third-order valence-corrected chi connectivity index (χ3v) is 2.13. The highest BCUT2D eigenvalue weighted by Crippen LogP contribution is 2.07. The maximum absolute atomic E-state index is 8.60. The first-order valence-corrected chi connectivity index (χ1v) is 5.59. The first kappa shape index (κ1) is 11.2. The summed E-state index contributed by atoms with van der Waals surface area (Å²) in [5.74, 6) is 0. The number of benzene rings is 1. The number of aliphatic hydroxyl groups is 1. The fourth-order valence-corrected chi connectivity index (χ4v) is 1.27. The second-order valence-electron chi connectivity index (χ2n) is 2.81. The fraction of sp³-hybridized carbons (Fsp3) is 0.167. The minimum atomic E-state index is 0.0885. The molecule has 0 atom stereocenters. The molecule has 0 amide bonds. The van der Waals surface area contributed by atoms with Gasteiger partial charge in [0.05, 0.1) is 6.61 Å². The van der Waals surface area contributed by atoms with E-state index in [9.17, 15) is 0 Å². The molecule has 0 saturated heterocycles. The van der Waals surface area contributed by atoms with Crippen molar-refractivity contribution in [2.24, 2.45) is 0 Å². The van der Waals surface area contributed by atoms with Crippen molar-refractivity contribution in [1.82, 2.24) is 0 Å². The first-order valence-electron chi connectivity index (χ1n) is 4.47. The molecule has 0 fully saturated rings. The lowest BCUT2D eigenvalue weighted by Gasteiger charge is -1.95. The van der Waals surface area contributed by atoms with E-state index in [0.717, 1.165) is 10.9 Å². The quantitative estimate of drug-likeness (QED) is 0.817. The minimum absolute atomic E-state index is 0.0885. The van der Waals surface area contributed by atoms with Crippen LogP contribution in [0, 0.1) is 0 Å². The number of hydrogen-bond acceptors (Lipinski definition) is 1. The van der Waals surface area contributed by atoms with E-state index in [4.69, 9.17) is 5.11 Å². The predicted molar refractivity (Wildman–Crippen MR) is 65.4 cm³/mol. The summed E-state index contributed by atoms with van der Waals surface area (Å²) in [4.78, 5) is 0. The molecular weight excluding hydrogens is 240 g/mol. The average molecular weight is 253 g/mol. The van der Waals surface area contributed by atoms with Crippen LogP contribution in [0.4, 0.5) is 0 Å². The van der Waals surface area contributed by atoms with Crippen molar-refractivity contribution in [2.75, 3.05) is 11.9 Å². The summed E-state index contributed by atoms with van der Waals surface area (Å²) >= 11 is 3.33. The molecule has 14 heavy (non-hydrogen) atoms. The van der Waals surface area contributed by atoms with Gasteiger partial charge in [-0.3, -0.25) is 0 Å². The molecule has 2 heteroatoms. The molecule has 1 rings (SSSR count). The number of hydrogen-bond donors (Lipinski definition) is 1. The zero-order valence-electron chi connectivity index (χ0n) is 7.86. The lowest BCUT2D eigenvalue weighted by molar-refractivity contribution is 0.343. The van der Waals surface area contributed by atoms with Crippen LogP contribution in [0.3, 0.4) is 0 Å². The van der Waals surface area contributed by atoms with Gasteiger partial charge in [0, 0.05) is 5.33 Å². The molecule has 0 aromatic heterocycles. The normalized spacial score (nSPS) is 11.6. The van der Waals surface area contributed by atoms with Gasteiger partial charge >= 0.3 is 0 Å². The molecular formula is C12H13BrO. The molecule has 1 nitrogen and oxygen atoms in total. The number of aliphatic hydroxyl groups excluding tert-OH is 1. The lowest BCUT2D eigenvalue weighted by Crippen LogP contribution is -1.76. The van der Waals surface area contributed by atoms with Crippen molar-refractivity contribution < 1.29 is 5.11 Å². The van der Waals surface area contributed by atoms with Gasteiger partial charge in [-0.15, -0.1) is 0 Å². The van der Waals surface area contributed by atoms with Crippen LogP contribution in [0.1, 0.15) is 11.1 Å².